The number of thiazole rings is 1. The summed E-state index contributed by atoms with van der Waals surface area (Å²) >= 11 is 7.57. The molecule has 0 amide bonds. The Morgan fingerprint density at radius 1 is 1.17 bits per heavy atom. The van der Waals surface area contributed by atoms with E-state index in [2.05, 4.69) is 66.3 Å². The summed E-state index contributed by atoms with van der Waals surface area (Å²) in [5.74, 6) is 0. The van der Waals surface area contributed by atoms with Crippen LogP contribution in [-0.2, 0) is 6.67 Å². The quantitative estimate of drug-likeness (QED) is 0.412. The van der Waals surface area contributed by atoms with E-state index >= 15 is 0 Å². The normalized spacial score (nSPS) is 17.4. The molecule has 1 atom stereocenters. The van der Waals surface area contributed by atoms with Gasteiger partial charge in [0.2, 0.25) is 4.77 Å². The molecule has 7 heteroatoms. The largest absolute Gasteiger partial charge is 0.275 e. The van der Waals surface area contributed by atoms with Crippen molar-refractivity contribution in [3.05, 3.63) is 69.7 Å². The summed E-state index contributed by atoms with van der Waals surface area (Å²) in [5.41, 5.74) is 4.64. The first-order valence-corrected chi connectivity index (χ1v) is 11.1. The molecule has 0 radical (unpaired) electrons. The first-order valence-electron chi connectivity index (χ1n) is 9.92. The maximum absolute atomic E-state index is 5.77. The fraction of sp³-hybridized carbons (Fsp3) is 0.318. The third-order valence-corrected chi connectivity index (χ3v) is 7.17. The van der Waals surface area contributed by atoms with Gasteiger partial charge in [-0.3, -0.25) is 9.47 Å². The van der Waals surface area contributed by atoms with Crippen LogP contribution in [0.3, 0.4) is 0 Å². The first kappa shape index (κ1) is 18.7. The molecule has 3 heterocycles. The van der Waals surface area contributed by atoms with E-state index < -0.39 is 0 Å². The van der Waals surface area contributed by atoms with Crippen LogP contribution in [0.1, 0.15) is 35.0 Å². The van der Waals surface area contributed by atoms with E-state index in [9.17, 15) is 0 Å². The smallest absolute Gasteiger partial charge is 0.203 e. The molecule has 0 spiro atoms. The van der Waals surface area contributed by atoms with Crippen molar-refractivity contribution in [3.63, 3.8) is 0 Å². The van der Waals surface area contributed by atoms with Crippen molar-refractivity contribution >= 4 is 33.8 Å². The molecule has 29 heavy (non-hydrogen) atoms. The minimum atomic E-state index is 0.334. The molecule has 1 aliphatic heterocycles. The topological polar surface area (TPSA) is 38.9 Å². The van der Waals surface area contributed by atoms with Gasteiger partial charge in [0.1, 0.15) is 11.3 Å². The van der Waals surface area contributed by atoms with Gasteiger partial charge in [0.25, 0.3) is 0 Å². The van der Waals surface area contributed by atoms with Gasteiger partial charge in [-0.15, -0.1) is 11.3 Å². The number of aromatic nitrogens is 4. The van der Waals surface area contributed by atoms with Crippen molar-refractivity contribution in [1.29, 1.82) is 0 Å². The molecule has 5 rings (SSSR count). The summed E-state index contributed by atoms with van der Waals surface area (Å²) in [6, 6.07) is 15.1. The summed E-state index contributed by atoms with van der Waals surface area (Å²) in [6.07, 6.45) is 4.14. The van der Waals surface area contributed by atoms with E-state index in [1.165, 1.54) is 27.3 Å². The Hall–Kier alpha value is -2.35. The van der Waals surface area contributed by atoms with Gasteiger partial charge in [-0.25, -0.2) is 9.67 Å². The number of benzene rings is 2. The number of hydrogen-bond acceptors (Lipinski definition) is 5. The van der Waals surface area contributed by atoms with E-state index in [0.29, 0.717) is 12.7 Å². The van der Waals surface area contributed by atoms with Crippen molar-refractivity contribution in [3.8, 4) is 5.69 Å². The number of para-hydroxylation sites is 1. The molecule has 0 bridgehead atoms. The van der Waals surface area contributed by atoms with E-state index in [4.69, 9.17) is 17.2 Å². The Balaban J connectivity index is 1.42. The molecule has 1 saturated heterocycles. The summed E-state index contributed by atoms with van der Waals surface area (Å²) < 4.78 is 5.92. The monoisotopic (exact) mass is 421 g/mol. The summed E-state index contributed by atoms with van der Waals surface area (Å²) in [6.45, 7) is 5.95. The minimum Gasteiger partial charge on any atom is -0.275 e. The number of nitrogens with zero attached hydrogens (tertiary/aromatic N) is 5. The van der Waals surface area contributed by atoms with E-state index in [0.717, 1.165) is 28.9 Å². The average Bonchev–Trinajstić information content (AvgIpc) is 3.41. The van der Waals surface area contributed by atoms with E-state index in [-0.39, 0.29) is 0 Å². The second-order valence-corrected chi connectivity index (χ2v) is 9.13. The van der Waals surface area contributed by atoms with Crippen LogP contribution in [0.15, 0.2) is 48.8 Å². The Bertz CT molecular complexity index is 1200. The zero-order chi connectivity index (χ0) is 20.0. The Morgan fingerprint density at radius 3 is 2.86 bits per heavy atom. The highest BCUT2D eigenvalue weighted by Crippen LogP contribution is 2.36. The van der Waals surface area contributed by atoms with Crippen molar-refractivity contribution in [2.75, 3.05) is 6.54 Å². The molecule has 148 valence electrons. The van der Waals surface area contributed by atoms with Gasteiger partial charge in [-0.05, 0) is 62.7 Å². The maximum Gasteiger partial charge on any atom is 0.203 e. The van der Waals surface area contributed by atoms with Crippen LogP contribution >= 0.6 is 23.6 Å². The lowest BCUT2D eigenvalue weighted by molar-refractivity contribution is 0.190. The highest BCUT2D eigenvalue weighted by atomic mass is 32.1. The molecule has 0 aliphatic carbocycles. The fourth-order valence-electron chi connectivity index (χ4n) is 4.15. The number of fused-ring (bicyclic) bond motifs is 1. The van der Waals surface area contributed by atoms with Crippen LogP contribution in [0.4, 0.5) is 0 Å². The van der Waals surface area contributed by atoms with Crippen molar-refractivity contribution < 1.29 is 0 Å². The highest BCUT2D eigenvalue weighted by molar-refractivity contribution is 7.71. The minimum absolute atomic E-state index is 0.334. The van der Waals surface area contributed by atoms with Gasteiger partial charge in [0, 0.05) is 6.54 Å². The van der Waals surface area contributed by atoms with Gasteiger partial charge in [-0.2, -0.15) is 5.10 Å². The molecule has 2 aromatic heterocycles. The molecule has 0 saturated carbocycles. The average molecular weight is 422 g/mol. The summed E-state index contributed by atoms with van der Waals surface area (Å²) in [4.78, 5) is 7.35. The lowest BCUT2D eigenvalue weighted by atomic mass is 10.1. The van der Waals surface area contributed by atoms with Crippen LogP contribution < -0.4 is 0 Å². The summed E-state index contributed by atoms with van der Waals surface area (Å²) in [5, 5.41) is 5.80. The van der Waals surface area contributed by atoms with E-state index in [1.807, 2.05) is 15.6 Å². The number of likely N-dealkylation sites (tertiary alicyclic amines) is 1. The van der Waals surface area contributed by atoms with Gasteiger partial charge in [-0.1, -0.05) is 29.8 Å². The zero-order valence-corrected chi connectivity index (χ0v) is 18.2. The molecule has 2 aromatic carbocycles. The predicted molar refractivity (Wildman–Crippen MR) is 120 cm³/mol. The molecule has 1 aliphatic rings. The maximum atomic E-state index is 5.77. The standard InChI is InChI=1S/C22H23N5S2/c1-15-9-10-18(16(2)12-15)26-13-23-27(22(26)28)14-25-11-5-7-19(25)21-24-17-6-3-4-8-20(17)29-21/h3-4,6,8-10,12-13,19H,5,7,11,14H2,1-2H3/t19-/m1/s1. The first-order chi connectivity index (χ1) is 14.1. The lowest BCUT2D eigenvalue weighted by Gasteiger charge is -2.22. The Kier molecular flexibility index (Phi) is 4.81. The summed E-state index contributed by atoms with van der Waals surface area (Å²) in [7, 11) is 0. The predicted octanol–water partition coefficient (Wildman–Crippen LogP) is 5.42. The van der Waals surface area contributed by atoms with Crippen molar-refractivity contribution in [2.45, 2.75) is 39.4 Å². The second-order valence-electron chi connectivity index (χ2n) is 7.70. The van der Waals surface area contributed by atoms with Crippen LogP contribution in [0.2, 0.25) is 0 Å². The van der Waals surface area contributed by atoms with Gasteiger partial charge in [0.05, 0.1) is 28.6 Å². The Labute approximate surface area is 179 Å². The van der Waals surface area contributed by atoms with E-state index in [1.54, 1.807) is 11.3 Å². The molecule has 0 N–H and O–H groups in total. The van der Waals surface area contributed by atoms with Crippen LogP contribution in [0.25, 0.3) is 15.9 Å². The lowest BCUT2D eigenvalue weighted by Crippen LogP contribution is -2.27. The molecular formula is C22H23N5S2. The molecule has 4 aromatic rings. The van der Waals surface area contributed by atoms with Crippen molar-refractivity contribution in [2.24, 2.45) is 0 Å². The molecular weight excluding hydrogens is 398 g/mol. The van der Waals surface area contributed by atoms with Crippen LogP contribution in [0, 0.1) is 18.6 Å². The zero-order valence-electron chi connectivity index (χ0n) is 16.6. The number of hydrogen-bond donors (Lipinski definition) is 0. The Morgan fingerprint density at radius 2 is 2.03 bits per heavy atom. The van der Waals surface area contributed by atoms with Crippen LogP contribution in [0.5, 0.6) is 0 Å². The number of aryl methyl sites for hydroxylation is 2. The van der Waals surface area contributed by atoms with Crippen molar-refractivity contribution in [1.82, 2.24) is 24.2 Å². The fourth-order valence-corrected chi connectivity index (χ4v) is 5.54. The second kappa shape index (κ2) is 7.48. The van der Waals surface area contributed by atoms with Gasteiger partial charge >= 0.3 is 0 Å². The molecule has 1 fully saturated rings. The molecule has 5 nitrogen and oxygen atoms in total. The number of rotatable bonds is 4. The third kappa shape index (κ3) is 3.43. The molecule has 0 unspecified atom stereocenters. The van der Waals surface area contributed by atoms with Crippen LogP contribution in [-0.4, -0.2) is 30.8 Å². The van der Waals surface area contributed by atoms with Gasteiger partial charge in [0.15, 0.2) is 0 Å². The van der Waals surface area contributed by atoms with Gasteiger partial charge < -0.3 is 0 Å². The third-order valence-electron chi connectivity index (χ3n) is 5.62. The SMILES string of the molecule is Cc1ccc(-n2cnn(CN3CCC[C@@H]3c3nc4ccccc4s3)c2=S)c(C)c1. The highest BCUT2D eigenvalue weighted by Gasteiger charge is 2.29.